The quantitative estimate of drug-likeness (QED) is 0.519. The third kappa shape index (κ3) is 3.76. The minimum absolute atomic E-state index is 0.0504. The van der Waals surface area contributed by atoms with E-state index in [1.54, 1.807) is 23.0 Å². The molecule has 1 aromatic carbocycles. The van der Waals surface area contributed by atoms with E-state index in [-0.39, 0.29) is 18.8 Å². The number of aromatic nitrogens is 4. The first-order valence-electron chi connectivity index (χ1n) is 7.19. The van der Waals surface area contributed by atoms with Crippen molar-refractivity contribution in [2.45, 2.75) is 12.6 Å². The van der Waals surface area contributed by atoms with Crippen LogP contribution >= 0.6 is 0 Å². The Kier molecular flexibility index (Phi) is 4.52. The van der Waals surface area contributed by atoms with Gasteiger partial charge in [0.1, 0.15) is 30.9 Å². The summed E-state index contributed by atoms with van der Waals surface area (Å²) in [6, 6.07) is 9.10. The standard InChI is InChI=1S/C15H15N5O4/c21-14(10-18-9-13(8-17-18)20(22)23)11-24-15-4-2-12(3-5-15)19-7-1-6-16-19/h1-9,14,21H,10-11H2. The van der Waals surface area contributed by atoms with Gasteiger partial charge in [0.2, 0.25) is 0 Å². The lowest BCUT2D eigenvalue weighted by molar-refractivity contribution is -0.385. The van der Waals surface area contributed by atoms with Crippen LogP contribution in [0.15, 0.2) is 55.1 Å². The Morgan fingerprint density at radius 3 is 2.71 bits per heavy atom. The summed E-state index contributed by atoms with van der Waals surface area (Å²) in [5, 5.41) is 28.5. The van der Waals surface area contributed by atoms with Crippen molar-refractivity contribution in [3.63, 3.8) is 0 Å². The highest BCUT2D eigenvalue weighted by Crippen LogP contribution is 2.15. The molecule has 124 valence electrons. The molecule has 0 amide bonds. The summed E-state index contributed by atoms with van der Waals surface area (Å²) in [4.78, 5) is 10.0. The molecule has 0 saturated carbocycles. The minimum atomic E-state index is -0.838. The second-order valence-electron chi connectivity index (χ2n) is 5.09. The molecule has 1 atom stereocenters. The average molecular weight is 329 g/mol. The highest BCUT2D eigenvalue weighted by atomic mass is 16.6. The summed E-state index contributed by atoms with van der Waals surface area (Å²) in [6.07, 6.45) is 5.10. The van der Waals surface area contributed by atoms with Gasteiger partial charge in [0, 0.05) is 12.4 Å². The van der Waals surface area contributed by atoms with Gasteiger partial charge in [-0.2, -0.15) is 10.2 Å². The monoisotopic (exact) mass is 329 g/mol. The van der Waals surface area contributed by atoms with Gasteiger partial charge in [-0.3, -0.25) is 14.8 Å². The van der Waals surface area contributed by atoms with Gasteiger partial charge < -0.3 is 9.84 Å². The number of nitrogens with zero attached hydrogens (tertiary/aromatic N) is 5. The molecule has 9 heteroatoms. The van der Waals surface area contributed by atoms with Crippen LogP contribution in [0.3, 0.4) is 0 Å². The molecule has 0 aliphatic rings. The van der Waals surface area contributed by atoms with Crippen LogP contribution in [0.5, 0.6) is 5.75 Å². The van der Waals surface area contributed by atoms with Crippen molar-refractivity contribution in [3.05, 3.63) is 65.2 Å². The van der Waals surface area contributed by atoms with Gasteiger partial charge in [-0.25, -0.2) is 4.68 Å². The van der Waals surface area contributed by atoms with Crippen LogP contribution in [0.1, 0.15) is 0 Å². The van der Waals surface area contributed by atoms with Crippen molar-refractivity contribution in [1.29, 1.82) is 0 Å². The number of hydrogen-bond donors (Lipinski definition) is 1. The van der Waals surface area contributed by atoms with E-state index in [1.807, 2.05) is 24.4 Å². The van der Waals surface area contributed by atoms with Crippen LogP contribution in [0.4, 0.5) is 5.69 Å². The van der Waals surface area contributed by atoms with E-state index in [0.717, 1.165) is 11.9 Å². The van der Waals surface area contributed by atoms with E-state index >= 15 is 0 Å². The number of hydrogen-bond acceptors (Lipinski definition) is 6. The zero-order chi connectivity index (χ0) is 16.9. The highest BCUT2D eigenvalue weighted by Gasteiger charge is 2.12. The lowest BCUT2D eigenvalue weighted by Crippen LogP contribution is -2.23. The zero-order valence-corrected chi connectivity index (χ0v) is 12.6. The normalized spacial score (nSPS) is 12.0. The lowest BCUT2D eigenvalue weighted by Gasteiger charge is -2.12. The SMILES string of the molecule is O=[N+]([O-])c1cnn(CC(O)COc2ccc(-n3cccn3)cc2)c1. The Bertz CT molecular complexity index is 798. The number of aliphatic hydroxyl groups excluding tert-OH is 1. The highest BCUT2D eigenvalue weighted by molar-refractivity contribution is 5.36. The third-order valence-corrected chi connectivity index (χ3v) is 3.28. The number of rotatable bonds is 7. The smallest absolute Gasteiger partial charge is 0.306 e. The molecule has 0 aliphatic carbocycles. The summed E-state index contributed by atoms with van der Waals surface area (Å²) in [5.41, 5.74) is 0.786. The minimum Gasteiger partial charge on any atom is -0.491 e. The Balaban J connectivity index is 1.52. The molecule has 2 heterocycles. The van der Waals surface area contributed by atoms with Gasteiger partial charge in [0.05, 0.1) is 17.2 Å². The summed E-state index contributed by atoms with van der Waals surface area (Å²) in [5.74, 6) is 0.608. The maximum absolute atomic E-state index is 10.6. The number of benzene rings is 1. The van der Waals surface area contributed by atoms with E-state index in [4.69, 9.17) is 4.74 Å². The summed E-state index contributed by atoms with van der Waals surface area (Å²) in [7, 11) is 0. The first kappa shape index (κ1) is 15.7. The van der Waals surface area contributed by atoms with Gasteiger partial charge in [-0.05, 0) is 30.3 Å². The van der Waals surface area contributed by atoms with Gasteiger partial charge in [0.25, 0.3) is 0 Å². The Hall–Kier alpha value is -3.20. The summed E-state index contributed by atoms with van der Waals surface area (Å²) in [6.45, 7) is 0.161. The van der Waals surface area contributed by atoms with Crippen LogP contribution in [-0.4, -0.2) is 42.3 Å². The van der Waals surface area contributed by atoms with Crippen LogP contribution in [0.25, 0.3) is 5.69 Å². The Morgan fingerprint density at radius 1 is 1.29 bits per heavy atom. The molecule has 9 nitrogen and oxygen atoms in total. The van der Waals surface area contributed by atoms with Crippen molar-refractivity contribution >= 4 is 5.69 Å². The van der Waals surface area contributed by atoms with Crippen LogP contribution in [0, 0.1) is 10.1 Å². The molecule has 0 bridgehead atoms. The van der Waals surface area contributed by atoms with Crippen molar-refractivity contribution in [2.75, 3.05) is 6.61 Å². The summed E-state index contributed by atoms with van der Waals surface area (Å²) < 4.78 is 8.55. The summed E-state index contributed by atoms with van der Waals surface area (Å²) >= 11 is 0. The van der Waals surface area contributed by atoms with Crippen LogP contribution in [0.2, 0.25) is 0 Å². The molecule has 2 aromatic heterocycles. The molecule has 3 rings (SSSR count). The fourth-order valence-corrected chi connectivity index (χ4v) is 2.12. The first-order valence-corrected chi connectivity index (χ1v) is 7.19. The second kappa shape index (κ2) is 6.92. The van der Waals surface area contributed by atoms with E-state index in [9.17, 15) is 15.2 Å². The average Bonchev–Trinajstić information content (AvgIpc) is 3.25. The molecule has 1 unspecified atom stereocenters. The van der Waals surface area contributed by atoms with Gasteiger partial charge in [-0.1, -0.05) is 0 Å². The van der Waals surface area contributed by atoms with E-state index in [2.05, 4.69) is 10.2 Å². The molecule has 0 radical (unpaired) electrons. The van der Waals surface area contributed by atoms with E-state index in [0.29, 0.717) is 5.75 Å². The maximum atomic E-state index is 10.6. The molecule has 0 aliphatic heterocycles. The lowest BCUT2D eigenvalue weighted by atomic mass is 10.3. The number of aliphatic hydroxyl groups is 1. The van der Waals surface area contributed by atoms with Gasteiger partial charge >= 0.3 is 5.69 Å². The molecule has 0 saturated heterocycles. The predicted molar refractivity (Wildman–Crippen MR) is 83.9 cm³/mol. The fourth-order valence-electron chi connectivity index (χ4n) is 2.12. The van der Waals surface area contributed by atoms with Crippen LogP contribution in [-0.2, 0) is 6.54 Å². The van der Waals surface area contributed by atoms with E-state index < -0.39 is 11.0 Å². The zero-order valence-electron chi connectivity index (χ0n) is 12.6. The Labute approximate surface area is 136 Å². The van der Waals surface area contributed by atoms with Gasteiger partial charge in [0.15, 0.2) is 0 Å². The van der Waals surface area contributed by atoms with Crippen molar-refractivity contribution in [3.8, 4) is 11.4 Å². The predicted octanol–water partition coefficient (Wildman–Crippen LogP) is 1.42. The molecule has 0 fully saturated rings. The van der Waals surface area contributed by atoms with Crippen molar-refractivity contribution in [2.24, 2.45) is 0 Å². The molecule has 1 N–H and O–H groups in total. The molecular formula is C15H15N5O4. The molecule has 3 aromatic rings. The van der Waals surface area contributed by atoms with Gasteiger partial charge in [-0.15, -0.1) is 0 Å². The fraction of sp³-hybridized carbons (Fsp3) is 0.200. The third-order valence-electron chi connectivity index (χ3n) is 3.28. The topological polar surface area (TPSA) is 108 Å². The first-order chi connectivity index (χ1) is 11.6. The van der Waals surface area contributed by atoms with Crippen molar-refractivity contribution in [1.82, 2.24) is 19.6 Å². The Morgan fingerprint density at radius 2 is 2.08 bits per heavy atom. The number of nitro groups is 1. The molecular weight excluding hydrogens is 314 g/mol. The molecule has 24 heavy (non-hydrogen) atoms. The molecule has 0 spiro atoms. The van der Waals surface area contributed by atoms with Crippen LogP contribution < -0.4 is 4.74 Å². The maximum Gasteiger partial charge on any atom is 0.306 e. The number of ether oxygens (including phenoxy) is 1. The van der Waals surface area contributed by atoms with E-state index in [1.165, 1.54) is 10.9 Å². The second-order valence-corrected chi connectivity index (χ2v) is 5.09. The van der Waals surface area contributed by atoms with Crippen molar-refractivity contribution < 1.29 is 14.8 Å². The largest absolute Gasteiger partial charge is 0.491 e.